The van der Waals surface area contributed by atoms with E-state index in [9.17, 15) is 14.9 Å². The molecule has 1 amide bonds. The van der Waals surface area contributed by atoms with Crippen LogP contribution in [0, 0.1) is 10.1 Å². The Hall–Kier alpha value is -3.48. The molecule has 7 heteroatoms. The minimum atomic E-state index is -0.466. The van der Waals surface area contributed by atoms with Gasteiger partial charge < -0.3 is 4.57 Å². The number of nitro groups is 1. The van der Waals surface area contributed by atoms with Gasteiger partial charge >= 0.3 is 0 Å². The molecule has 0 aliphatic rings. The van der Waals surface area contributed by atoms with Gasteiger partial charge in [-0.3, -0.25) is 14.9 Å². The predicted molar refractivity (Wildman–Crippen MR) is 95.4 cm³/mol. The van der Waals surface area contributed by atoms with E-state index in [4.69, 9.17) is 0 Å². The van der Waals surface area contributed by atoms with Crippen molar-refractivity contribution in [3.8, 4) is 0 Å². The average molecular weight is 336 g/mol. The summed E-state index contributed by atoms with van der Waals surface area (Å²) in [6.07, 6.45) is 1.85. The van der Waals surface area contributed by atoms with Crippen molar-refractivity contribution in [3.63, 3.8) is 0 Å². The minimum absolute atomic E-state index is 0.0165. The lowest BCUT2D eigenvalue weighted by molar-refractivity contribution is -0.384. The van der Waals surface area contributed by atoms with Crippen LogP contribution in [0.15, 0.2) is 65.9 Å². The standard InChI is InChI=1S/C18H16N4O3/c1-13(15-6-4-7-16(11-15)22(24)25)19-20-18(23)12-21-10-9-14-5-2-3-8-17(14)21/h2-11H,12H2,1H3,(H,20,23). The molecule has 0 bridgehead atoms. The molecule has 25 heavy (non-hydrogen) atoms. The number of para-hydroxylation sites is 1. The highest BCUT2D eigenvalue weighted by Gasteiger charge is 2.09. The van der Waals surface area contributed by atoms with Crippen LogP contribution in [-0.4, -0.2) is 21.1 Å². The van der Waals surface area contributed by atoms with Gasteiger partial charge in [0.2, 0.25) is 0 Å². The number of benzene rings is 2. The minimum Gasteiger partial charge on any atom is -0.338 e. The van der Waals surface area contributed by atoms with E-state index in [2.05, 4.69) is 10.5 Å². The number of fused-ring (bicyclic) bond motifs is 1. The zero-order valence-corrected chi connectivity index (χ0v) is 13.5. The first-order valence-corrected chi connectivity index (χ1v) is 7.66. The van der Waals surface area contributed by atoms with E-state index in [0.29, 0.717) is 11.3 Å². The first kappa shape index (κ1) is 16.4. The van der Waals surface area contributed by atoms with Gasteiger partial charge in [-0.1, -0.05) is 30.3 Å². The summed E-state index contributed by atoms with van der Waals surface area (Å²) in [6.45, 7) is 1.82. The molecule has 1 aromatic heterocycles. The first-order chi connectivity index (χ1) is 12.0. The van der Waals surface area contributed by atoms with E-state index in [0.717, 1.165) is 10.9 Å². The van der Waals surface area contributed by atoms with Gasteiger partial charge in [0, 0.05) is 29.4 Å². The van der Waals surface area contributed by atoms with Gasteiger partial charge in [0.05, 0.1) is 10.6 Å². The lowest BCUT2D eigenvalue weighted by atomic mass is 10.1. The molecule has 0 atom stereocenters. The molecule has 0 unspecified atom stereocenters. The zero-order valence-electron chi connectivity index (χ0n) is 13.5. The van der Waals surface area contributed by atoms with E-state index in [1.54, 1.807) is 19.1 Å². The quantitative estimate of drug-likeness (QED) is 0.441. The Morgan fingerprint density at radius 1 is 1.20 bits per heavy atom. The summed E-state index contributed by atoms with van der Waals surface area (Å²) in [6, 6.07) is 15.9. The number of carbonyl (C=O) groups excluding carboxylic acids is 1. The van der Waals surface area contributed by atoms with Crippen LogP contribution in [0.2, 0.25) is 0 Å². The van der Waals surface area contributed by atoms with E-state index in [1.165, 1.54) is 12.1 Å². The number of hydrazone groups is 1. The van der Waals surface area contributed by atoms with Crippen molar-refractivity contribution < 1.29 is 9.72 Å². The van der Waals surface area contributed by atoms with E-state index in [-0.39, 0.29) is 18.1 Å². The molecule has 0 radical (unpaired) electrons. The maximum atomic E-state index is 12.1. The second-order valence-electron chi connectivity index (χ2n) is 5.54. The van der Waals surface area contributed by atoms with Crippen LogP contribution in [0.3, 0.4) is 0 Å². The van der Waals surface area contributed by atoms with Crippen LogP contribution in [0.1, 0.15) is 12.5 Å². The summed E-state index contributed by atoms with van der Waals surface area (Å²) in [5.41, 5.74) is 4.52. The lowest BCUT2D eigenvalue weighted by Crippen LogP contribution is -2.24. The third kappa shape index (κ3) is 3.72. The second kappa shape index (κ2) is 6.96. The summed E-state index contributed by atoms with van der Waals surface area (Å²) in [7, 11) is 0. The van der Waals surface area contributed by atoms with Crippen LogP contribution in [0.4, 0.5) is 5.69 Å². The maximum Gasteiger partial charge on any atom is 0.270 e. The topological polar surface area (TPSA) is 89.5 Å². The normalized spacial score (nSPS) is 11.5. The fraction of sp³-hybridized carbons (Fsp3) is 0.111. The van der Waals surface area contributed by atoms with Gasteiger partial charge in [0.1, 0.15) is 6.54 Å². The highest BCUT2D eigenvalue weighted by Crippen LogP contribution is 2.15. The average Bonchev–Trinajstić information content (AvgIpc) is 3.03. The number of hydrogen-bond acceptors (Lipinski definition) is 4. The molecule has 0 spiro atoms. The number of nitrogens with zero attached hydrogens (tertiary/aromatic N) is 3. The number of carbonyl (C=O) groups is 1. The lowest BCUT2D eigenvalue weighted by Gasteiger charge is -2.05. The van der Waals surface area contributed by atoms with Crippen LogP contribution >= 0.6 is 0 Å². The van der Waals surface area contributed by atoms with E-state index < -0.39 is 4.92 Å². The summed E-state index contributed by atoms with van der Waals surface area (Å²) in [5, 5.41) is 15.9. The monoisotopic (exact) mass is 336 g/mol. The number of hydrogen-bond donors (Lipinski definition) is 1. The first-order valence-electron chi connectivity index (χ1n) is 7.66. The fourth-order valence-corrected chi connectivity index (χ4v) is 2.52. The Morgan fingerprint density at radius 3 is 2.80 bits per heavy atom. The molecule has 0 aliphatic heterocycles. The van der Waals surface area contributed by atoms with Gasteiger partial charge in [-0.05, 0) is 24.4 Å². The molecule has 0 saturated carbocycles. The molecular weight excluding hydrogens is 320 g/mol. The Balaban J connectivity index is 1.69. The third-order valence-electron chi connectivity index (χ3n) is 3.82. The highest BCUT2D eigenvalue weighted by molar-refractivity contribution is 5.99. The number of aromatic nitrogens is 1. The van der Waals surface area contributed by atoms with Gasteiger partial charge in [-0.15, -0.1) is 0 Å². The summed E-state index contributed by atoms with van der Waals surface area (Å²) in [5.74, 6) is -0.272. The second-order valence-corrected chi connectivity index (χ2v) is 5.54. The van der Waals surface area contributed by atoms with Crippen molar-refractivity contribution >= 4 is 28.2 Å². The van der Waals surface area contributed by atoms with Crippen LogP contribution < -0.4 is 5.43 Å². The number of nitro benzene ring substituents is 1. The van der Waals surface area contributed by atoms with E-state index >= 15 is 0 Å². The molecule has 7 nitrogen and oxygen atoms in total. The van der Waals surface area contributed by atoms with Crippen molar-refractivity contribution in [3.05, 3.63) is 76.5 Å². The highest BCUT2D eigenvalue weighted by atomic mass is 16.6. The van der Waals surface area contributed by atoms with Crippen molar-refractivity contribution in [2.24, 2.45) is 5.10 Å². The molecule has 0 aliphatic carbocycles. The van der Waals surface area contributed by atoms with Gasteiger partial charge in [-0.25, -0.2) is 5.43 Å². The molecule has 1 heterocycles. The summed E-state index contributed by atoms with van der Waals surface area (Å²) in [4.78, 5) is 22.5. The van der Waals surface area contributed by atoms with Crippen molar-refractivity contribution in [1.29, 1.82) is 0 Å². The molecule has 0 saturated heterocycles. The predicted octanol–water partition coefficient (Wildman–Crippen LogP) is 3.09. The largest absolute Gasteiger partial charge is 0.338 e. The third-order valence-corrected chi connectivity index (χ3v) is 3.82. The number of non-ortho nitro benzene ring substituents is 1. The Bertz CT molecular complexity index is 975. The zero-order chi connectivity index (χ0) is 17.8. The molecule has 1 N–H and O–H groups in total. The number of rotatable bonds is 5. The van der Waals surface area contributed by atoms with Crippen molar-refractivity contribution in [1.82, 2.24) is 9.99 Å². The Labute approximate surface area is 143 Å². The van der Waals surface area contributed by atoms with Crippen molar-refractivity contribution in [2.75, 3.05) is 0 Å². The Kier molecular flexibility index (Phi) is 4.56. The SMILES string of the molecule is CC(=NNC(=O)Cn1ccc2ccccc21)c1cccc([N+](=O)[O-])c1. The van der Waals surface area contributed by atoms with Gasteiger partial charge in [0.15, 0.2) is 0 Å². The molecule has 3 rings (SSSR count). The Morgan fingerprint density at radius 2 is 2.00 bits per heavy atom. The summed E-state index contributed by atoms with van der Waals surface area (Å²) < 4.78 is 1.84. The molecule has 0 fully saturated rings. The smallest absolute Gasteiger partial charge is 0.270 e. The van der Waals surface area contributed by atoms with Gasteiger partial charge in [-0.2, -0.15) is 5.10 Å². The molecule has 126 valence electrons. The van der Waals surface area contributed by atoms with Crippen LogP contribution in [-0.2, 0) is 11.3 Å². The summed E-state index contributed by atoms with van der Waals surface area (Å²) >= 11 is 0. The van der Waals surface area contributed by atoms with E-state index in [1.807, 2.05) is 41.1 Å². The molecule has 3 aromatic rings. The molecule has 2 aromatic carbocycles. The van der Waals surface area contributed by atoms with Crippen molar-refractivity contribution in [2.45, 2.75) is 13.5 Å². The number of nitrogens with one attached hydrogen (secondary N) is 1. The molecular formula is C18H16N4O3. The van der Waals surface area contributed by atoms with Gasteiger partial charge in [0.25, 0.3) is 11.6 Å². The van der Waals surface area contributed by atoms with Crippen LogP contribution in [0.25, 0.3) is 10.9 Å². The number of amides is 1. The maximum absolute atomic E-state index is 12.1. The van der Waals surface area contributed by atoms with Crippen LogP contribution in [0.5, 0.6) is 0 Å². The fourth-order valence-electron chi connectivity index (χ4n) is 2.52.